The molecular weight excluding hydrogens is 503 g/mol. The Bertz CT molecular complexity index is 1140. The molecule has 2 fully saturated rings. The Balaban J connectivity index is 1.90. The summed E-state index contributed by atoms with van der Waals surface area (Å²) in [5.74, 6) is -3.57. The van der Waals surface area contributed by atoms with Crippen molar-refractivity contribution in [1.82, 2.24) is 20.5 Å². The number of fused-ring (bicyclic) bond motifs is 1. The normalized spacial score (nSPS) is 23.6. The number of aromatic nitrogens is 1. The molecule has 208 valence electrons. The Morgan fingerprint density at radius 3 is 2.37 bits per heavy atom. The van der Waals surface area contributed by atoms with Crippen molar-refractivity contribution in [1.29, 1.82) is 5.26 Å². The zero-order chi connectivity index (χ0) is 28.8. The molecule has 1 aromatic heterocycles. The van der Waals surface area contributed by atoms with Crippen LogP contribution in [0.25, 0.3) is 0 Å². The van der Waals surface area contributed by atoms with E-state index in [-0.39, 0.29) is 29.9 Å². The smallest absolute Gasteiger partial charge is 0.471 e. The number of hydrogen-bond donors (Lipinski definition) is 2. The molecule has 3 amide bonds. The number of carbonyl (C=O) groups is 3. The third kappa shape index (κ3) is 5.71. The standard InChI is InChI=1S/C26H34F3N5O4/c1-13(2)38-17-8-9-31-11-14(17)16(10-30)32-21(35)19-18-15(25(18,6)7)12-34(19)22(36)20(24(3,4)5)33-23(37)26(27,28)29/h8-9,11,13,15-16,18-20H,12H2,1-7H3,(H,32,35)(H,33,37)/t15-,16?,18-,19-,20?/m0/s1. The number of hydrogen-bond acceptors (Lipinski definition) is 6. The van der Waals surface area contributed by atoms with E-state index >= 15 is 0 Å². The number of carbonyl (C=O) groups excluding carboxylic acids is 3. The average Bonchev–Trinajstić information content (AvgIpc) is 3.13. The number of likely N-dealkylation sites (tertiary alicyclic amines) is 1. The molecular formula is C26H34F3N5O4. The summed E-state index contributed by atoms with van der Waals surface area (Å²) in [6, 6.07) is -0.0921. The van der Waals surface area contributed by atoms with E-state index in [9.17, 15) is 32.8 Å². The van der Waals surface area contributed by atoms with Gasteiger partial charge >= 0.3 is 12.1 Å². The van der Waals surface area contributed by atoms with E-state index < -0.39 is 47.4 Å². The molecule has 12 heteroatoms. The zero-order valence-corrected chi connectivity index (χ0v) is 22.5. The molecule has 0 bridgehead atoms. The number of pyridine rings is 1. The maximum Gasteiger partial charge on any atom is 0.471 e. The van der Waals surface area contributed by atoms with E-state index in [1.807, 2.05) is 39.1 Å². The summed E-state index contributed by atoms with van der Waals surface area (Å²) in [5, 5.41) is 14.4. The van der Waals surface area contributed by atoms with E-state index in [0.29, 0.717) is 11.3 Å². The lowest BCUT2D eigenvalue weighted by Gasteiger charge is -2.37. The minimum Gasteiger partial charge on any atom is -0.490 e. The van der Waals surface area contributed by atoms with Crippen molar-refractivity contribution in [3.05, 3.63) is 24.0 Å². The molecule has 1 saturated carbocycles. The van der Waals surface area contributed by atoms with Gasteiger partial charge in [-0.15, -0.1) is 0 Å². The summed E-state index contributed by atoms with van der Waals surface area (Å²) in [7, 11) is 0. The third-order valence-electron chi connectivity index (χ3n) is 7.31. The maximum atomic E-state index is 13.6. The van der Waals surface area contributed by atoms with E-state index in [1.54, 1.807) is 6.07 Å². The summed E-state index contributed by atoms with van der Waals surface area (Å²) in [4.78, 5) is 44.3. The van der Waals surface area contributed by atoms with Crippen LogP contribution in [0.2, 0.25) is 0 Å². The van der Waals surface area contributed by atoms with Gasteiger partial charge in [0.1, 0.15) is 23.9 Å². The van der Waals surface area contributed by atoms with Crippen molar-refractivity contribution < 1.29 is 32.3 Å². The SMILES string of the molecule is CC(C)Oc1ccncc1C(C#N)NC(=O)[C@@H]1[C@@H]2[C@H](CN1C(=O)C(NC(=O)C(F)(F)F)C(C)(C)C)C2(C)C. The molecule has 1 saturated heterocycles. The van der Waals surface area contributed by atoms with Crippen molar-refractivity contribution in [2.75, 3.05) is 6.54 Å². The van der Waals surface area contributed by atoms with Crippen LogP contribution in [-0.4, -0.2) is 58.5 Å². The number of nitrogens with one attached hydrogen (secondary N) is 2. The first-order valence-electron chi connectivity index (χ1n) is 12.4. The van der Waals surface area contributed by atoms with Crippen molar-refractivity contribution >= 4 is 17.7 Å². The second-order valence-electron chi connectivity index (χ2n) is 11.8. The van der Waals surface area contributed by atoms with Crippen LogP contribution in [0, 0.1) is 34.0 Å². The molecule has 2 N–H and O–H groups in total. The summed E-state index contributed by atoms with van der Waals surface area (Å²) < 4.78 is 44.8. The van der Waals surface area contributed by atoms with Crippen LogP contribution in [0.4, 0.5) is 13.2 Å². The largest absolute Gasteiger partial charge is 0.490 e. The van der Waals surface area contributed by atoms with Gasteiger partial charge in [-0.3, -0.25) is 19.4 Å². The fraction of sp³-hybridized carbons (Fsp3) is 0.654. The van der Waals surface area contributed by atoms with Gasteiger partial charge in [-0.05, 0) is 42.6 Å². The second-order valence-corrected chi connectivity index (χ2v) is 11.8. The molecule has 2 aliphatic rings. The van der Waals surface area contributed by atoms with Gasteiger partial charge in [0, 0.05) is 24.5 Å². The van der Waals surface area contributed by atoms with E-state index in [1.165, 1.54) is 38.1 Å². The predicted octanol–water partition coefficient (Wildman–Crippen LogP) is 3.13. The van der Waals surface area contributed by atoms with E-state index in [4.69, 9.17) is 4.74 Å². The molecule has 1 aliphatic carbocycles. The summed E-state index contributed by atoms with van der Waals surface area (Å²) in [6.07, 6.45) is -2.47. The van der Waals surface area contributed by atoms with Crippen LogP contribution < -0.4 is 15.4 Å². The Hall–Kier alpha value is -3.36. The number of nitriles is 1. The van der Waals surface area contributed by atoms with E-state index in [2.05, 4.69) is 10.3 Å². The highest BCUT2D eigenvalue weighted by atomic mass is 19.4. The first-order chi connectivity index (χ1) is 17.4. The molecule has 5 atom stereocenters. The van der Waals surface area contributed by atoms with Crippen LogP contribution in [-0.2, 0) is 14.4 Å². The topological polar surface area (TPSA) is 124 Å². The van der Waals surface area contributed by atoms with Gasteiger partial charge in [0.05, 0.1) is 12.2 Å². The van der Waals surface area contributed by atoms with Gasteiger partial charge in [-0.25, -0.2) is 0 Å². The highest BCUT2D eigenvalue weighted by Gasteiger charge is 2.70. The van der Waals surface area contributed by atoms with Gasteiger partial charge in [0.15, 0.2) is 0 Å². The number of piperidine rings is 1. The number of amides is 3. The van der Waals surface area contributed by atoms with Crippen LogP contribution in [0.3, 0.4) is 0 Å². The number of rotatable bonds is 7. The van der Waals surface area contributed by atoms with E-state index in [0.717, 1.165) is 0 Å². The molecule has 9 nitrogen and oxygen atoms in total. The molecule has 3 rings (SSSR count). The van der Waals surface area contributed by atoms with Crippen LogP contribution in [0.15, 0.2) is 18.5 Å². The van der Waals surface area contributed by atoms with Gasteiger partial charge in [-0.2, -0.15) is 18.4 Å². The Morgan fingerprint density at radius 2 is 1.84 bits per heavy atom. The first-order valence-corrected chi connectivity index (χ1v) is 12.4. The molecule has 1 aliphatic heterocycles. The second kappa shape index (κ2) is 10.1. The summed E-state index contributed by atoms with van der Waals surface area (Å²) in [5.41, 5.74) is -1.02. The quantitative estimate of drug-likeness (QED) is 0.551. The molecule has 1 aromatic rings. The van der Waals surface area contributed by atoms with Crippen LogP contribution in [0.5, 0.6) is 5.75 Å². The number of nitrogens with zero attached hydrogens (tertiary/aromatic N) is 3. The lowest BCUT2D eigenvalue weighted by molar-refractivity contribution is -0.176. The monoisotopic (exact) mass is 537 g/mol. The molecule has 0 radical (unpaired) electrons. The fourth-order valence-electron chi connectivity index (χ4n) is 5.22. The average molecular weight is 538 g/mol. The van der Waals surface area contributed by atoms with Crippen molar-refractivity contribution in [3.63, 3.8) is 0 Å². The summed E-state index contributed by atoms with van der Waals surface area (Å²) in [6.45, 7) is 12.3. The summed E-state index contributed by atoms with van der Waals surface area (Å²) >= 11 is 0. The van der Waals surface area contributed by atoms with Crippen LogP contribution >= 0.6 is 0 Å². The fourth-order valence-corrected chi connectivity index (χ4v) is 5.22. The third-order valence-corrected chi connectivity index (χ3v) is 7.31. The maximum absolute atomic E-state index is 13.6. The number of alkyl halides is 3. The minimum atomic E-state index is -5.17. The lowest BCUT2D eigenvalue weighted by atomic mass is 9.85. The van der Waals surface area contributed by atoms with Crippen molar-refractivity contribution in [2.45, 2.75) is 78.9 Å². The highest BCUT2D eigenvalue weighted by Crippen LogP contribution is 2.65. The highest BCUT2D eigenvalue weighted by molar-refractivity contribution is 5.95. The van der Waals surface area contributed by atoms with Gasteiger partial charge in [-0.1, -0.05) is 34.6 Å². The Morgan fingerprint density at radius 1 is 1.21 bits per heavy atom. The van der Waals surface area contributed by atoms with Crippen LogP contribution in [0.1, 0.15) is 60.1 Å². The van der Waals surface area contributed by atoms with Crippen molar-refractivity contribution in [3.8, 4) is 11.8 Å². The molecule has 0 spiro atoms. The Labute approximate surface area is 220 Å². The number of ether oxygens (including phenoxy) is 1. The van der Waals surface area contributed by atoms with Gasteiger partial charge < -0.3 is 20.3 Å². The first kappa shape index (κ1) is 29.2. The number of halogens is 3. The van der Waals surface area contributed by atoms with Crippen molar-refractivity contribution in [2.24, 2.45) is 22.7 Å². The lowest BCUT2D eigenvalue weighted by Crippen LogP contribution is -2.60. The molecule has 2 heterocycles. The minimum absolute atomic E-state index is 0.0556. The van der Waals surface area contributed by atoms with Gasteiger partial charge in [0.2, 0.25) is 11.8 Å². The molecule has 0 aromatic carbocycles. The zero-order valence-electron chi connectivity index (χ0n) is 22.5. The van der Waals surface area contributed by atoms with Gasteiger partial charge in [0.25, 0.3) is 0 Å². The molecule has 38 heavy (non-hydrogen) atoms. The Kier molecular flexibility index (Phi) is 7.74. The molecule has 2 unspecified atom stereocenters. The predicted molar refractivity (Wildman–Crippen MR) is 130 cm³/mol.